The SMILES string of the molecule is CCCNC1CCCC1SCCN(C)C. The summed E-state index contributed by atoms with van der Waals surface area (Å²) in [7, 11) is 4.31. The first-order valence-electron chi connectivity index (χ1n) is 6.23. The molecule has 0 bridgehead atoms. The molecular formula is C12H26N2S. The molecule has 0 saturated heterocycles. The fourth-order valence-electron chi connectivity index (χ4n) is 2.08. The van der Waals surface area contributed by atoms with Crippen LogP contribution in [0, 0.1) is 0 Å². The van der Waals surface area contributed by atoms with Crippen molar-refractivity contribution in [3.63, 3.8) is 0 Å². The molecule has 3 heteroatoms. The molecule has 15 heavy (non-hydrogen) atoms. The zero-order valence-corrected chi connectivity index (χ0v) is 11.3. The quantitative estimate of drug-likeness (QED) is 0.722. The van der Waals surface area contributed by atoms with Crippen LogP contribution in [0.25, 0.3) is 0 Å². The third-order valence-corrected chi connectivity index (χ3v) is 4.39. The van der Waals surface area contributed by atoms with E-state index in [9.17, 15) is 0 Å². The van der Waals surface area contributed by atoms with Crippen LogP contribution in [0.3, 0.4) is 0 Å². The lowest BCUT2D eigenvalue weighted by Crippen LogP contribution is -2.35. The maximum atomic E-state index is 3.69. The number of hydrogen-bond donors (Lipinski definition) is 1. The van der Waals surface area contributed by atoms with E-state index in [1.807, 2.05) is 0 Å². The van der Waals surface area contributed by atoms with Crippen LogP contribution < -0.4 is 5.32 Å². The third-order valence-electron chi connectivity index (χ3n) is 2.98. The second-order valence-electron chi connectivity index (χ2n) is 4.70. The molecule has 0 heterocycles. The number of rotatable bonds is 7. The van der Waals surface area contributed by atoms with Crippen molar-refractivity contribution >= 4 is 11.8 Å². The van der Waals surface area contributed by atoms with Crippen molar-refractivity contribution in [1.29, 1.82) is 0 Å². The Morgan fingerprint density at radius 1 is 1.33 bits per heavy atom. The molecule has 0 aromatic rings. The van der Waals surface area contributed by atoms with Crippen LogP contribution in [0.15, 0.2) is 0 Å². The predicted octanol–water partition coefficient (Wildman–Crippen LogP) is 2.20. The highest BCUT2D eigenvalue weighted by Crippen LogP contribution is 2.29. The lowest BCUT2D eigenvalue weighted by Gasteiger charge is -2.21. The van der Waals surface area contributed by atoms with E-state index in [1.165, 1.54) is 44.5 Å². The van der Waals surface area contributed by atoms with Crippen molar-refractivity contribution < 1.29 is 0 Å². The van der Waals surface area contributed by atoms with Crippen molar-refractivity contribution in [3.8, 4) is 0 Å². The van der Waals surface area contributed by atoms with Gasteiger partial charge in [0.1, 0.15) is 0 Å². The molecule has 0 spiro atoms. The minimum absolute atomic E-state index is 0.789. The van der Waals surface area contributed by atoms with Crippen LogP contribution in [0.2, 0.25) is 0 Å². The average Bonchev–Trinajstić information content (AvgIpc) is 2.62. The molecular weight excluding hydrogens is 204 g/mol. The van der Waals surface area contributed by atoms with E-state index in [0.717, 1.165) is 11.3 Å². The molecule has 0 radical (unpaired) electrons. The van der Waals surface area contributed by atoms with Crippen LogP contribution in [0.5, 0.6) is 0 Å². The minimum Gasteiger partial charge on any atom is -0.313 e. The van der Waals surface area contributed by atoms with Crippen LogP contribution in [-0.2, 0) is 0 Å². The summed E-state index contributed by atoms with van der Waals surface area (Å²) in [4.78, 5) is 2.27. The van der Waals surface area contributed by atoms with Gasteiger partial charge in [0.05, 0.1) is 0 Å². The largest absolute Gasteiger partial charge is 0.313 e. The van der Waals surface area contributed by atoms with Crippen molar-refractivity contribution in [2.75, 3.05) is 32.9 Å². The average molecular weight is 230 g/mol. The highest BCUT2D eigenvalue weighted by atomic mass is 32.2. The molecule has 1 saturated carbocycles. The van der Waals surface area contributed by atoms with Crippen LogP contribution >= 0.6 is 11.8 Å². The van der Waals surface area contributed by atoms with Crippen molar-refractivity contribution in [1.82, 2.24) is 10.2 Å². The van der Waals surface area contributed by atoms with Gasteiger partial charge < -0.3 is 10.2 Å². The first-order chi connectivity index (χ1) is 7.24. The summed E-state index contributed by atoms with van der Waals surface area (Å²) in [5, 5.41) is 4.56. The zero-order chi connectivity index (χ0) is 11.1. The normalized spacial score (nSPS) is 26.4. The van der Waals surface area contributed by atoms with Gasteiger partial charge in [-0.3, -0.25) is 0 Å². The van der Waals surface area contributed by atoms with Gasteiger partial charge in [-0.05, 0) is 39.9 Å². The predicted molar refractivity (Wildman–Crippen MR) is 70.7 cm³/mol. The number of nitrogens with one attached hydrogen (secondary N) is 1. The molecule has 2 atom stereocenters. The first-order valence-corrected chi connectivity index (χ1v) is 7.28. The number of nitrogens with zero attached hydrogens (tertiary/aromatic N) is 1. The summed E-state index contributed by atoms with van der Waals surface area (Å²) < 4.78 is 0. The molecule has 1 N–H and O–H groups in total. The zero-order valence-electron chi connectivity index (χ0n) is 10.5. The molecule has 0 aromatic heterocycles. The van der Waals surface area contributed by atoms with E-state index in [1.54, 1.807) is 0 Å². The van der Waals surface area contributed by atoms with Crippen molar-refractivity contribution in [2.24, 2.45) is 0 Å². The fraction of sp³-hybridized carbons (Fsp3) is 1.00. The van der Waals surface area contributed by atoms with E-state index < -0.39 is 0 Å². The van der Waals surface area contributed by atoms with Gasteiger partial charge in [0.2, 0.25) is 0 Å². The van der Waals surface area contributed by atoms with Gasteiger partial charge >= 0.3 is 0 Å². The van der Waals surface area contributed by atoms with E-state index in [-0.39, 0.29) is 0 Å². The molecule has 2 nitrogen and oxygen atoms in total. The summed E-state index contributed by atoms with van der Waals surface area (Å²) >= 11 is 2.17. The van der Waals surface area contributed by atoms with Gasteiger partial charge in [-0.15, -0.1) is 0 Å². The Bertz CT molecular complexity index is 162. The maximum absolute atomic E-state index is 3.69. The Morgan fingerprint density at radius 3 is 2.80 bits per heavy atom. The molecule has 1 rings (SSSR count). The Morgan fingerprint density at radius 2 is 2.13 bits per heavy atom. The standard InChI is InChI=1S/C12H26N2S/c1-4-8-13-11-6-5-7-12(11)15-10-9-14(2)3/h11-13H,4-10H2,1-3H3. The summed E-state index contributed by atoms with van der Waals surface area (Å²) in [6, 6.07) is 0.789. The molecule has 90 valence electrons. The summed E-state index contributed by atoms with van der Waals surface area (Å²) in [6.07, 6.45) is 5.48. The van der Waals surface area contributed by atoms with Crippen LogP contribution in [-0.4, -0.2) is 49.1 Å². The smallest absolute Gasteiger partial charge is 0.0201 e. The Balaban J connectivity index is 2.15. The monoisotopic (exact) mass is 230 g/mol. The molecule has 1 aliphatic rings. The number of hydrogen-bond acceptors (Lipinski definition) is 3. The molecule has 0 aromatic carbocycles. The van der Waals surface area contributed by atoms with E-state index >= 15 is 0 Å². The molecule has 2 unspecified atom stereocenters. The Kier molecular flexibility index (Phi) is 6.69. The van der Waals surface area contributed by atoms with Gasteiger partial charge in [0.15, 0.2) is 0 Å². The summed E-state index contributed by atoms with van der Waals surface area (Å²) in [6.45, 7) is 4.65. The second-order valence-corrected chi connectivity index (χ2v) is 6.05. The second kappa shape index (κ2) is 7.53. The van der Waals surface area contributed by atoms with E-state index in [2.05, 4.69) is 43.0 Å². The fourth-order valence-corrected chi connectivity index (χ4v) is 3.65. The first kappa shape index (κ1) is 13.3. The highest BCUT2D eigenvalue weighted by Gasteiger charge is 2.26. The molecule has 0 amide bonds. The van der Waals surface area contributed by atoms with Gasteiger partial charge in [0, 0.05) is 23.6 Å². The van der Waals surface area contributed by atoms with Crippen LogP contribution in [0.1, 0.15) is 32.6 Å². The lowest BCUT2D eigenvalue weighted by molar-refractivity contribution is 0.437. The highest BCUT2D eigenvalue weighted by molar-refractivity contribution is 8.00. The van der Waals surface area contributed by atoms with E-state index in [4.69, 9.17) is 0 Å². The molecule has 1 aliphatic carbocycles. The van der Waals surface area contributed by atoms with Gasteiger partial charge in [-0.25, -0.2) is 0 Å². The number of thioether (sulfide) groups is 1. The van der Waals surface area contributed by atoms with Crippen LogP contribution in [0.4, 0.5) is 0 Å². The molecule has 1 fully saturated rings. The Labute approximate surface area is 99.2 Å². The van der Waals surface area contributed by atoms with Crippen molar-refractivity contribution in [2.45, 2.75) is 43.9 Å². The van der Waals surface area contributed by atoms with Crippen molar-refractivity contribution in [3.05, 3.63) is 0 Å². The summed E-state index contributed by atoms with van der Waals surface area (Å²) in [5.74, 6) is 1.28. The topological polar surface area (TPSA) is 15.3 Å². The minimum atomic E-state index is 0.789. The third kappa shape index (κ3) is 5.23. The Hall–Kier alpha value is 0.270. The molecule has 0 aliphatic heterocycles. The summed E-state index contributed by atoms with van der Waals surface area (Å²) in [5.41, 5.74) is 0. The maximum Gasteiger partial charge on any atom is 0.0201 e. The lowest BCUT2D eigenvalue weighted by atomic mass is 10.2. The van der Waals surface area contributed by atoms with Gasteiger partial charge in [0.25, 0.3) is 0 Å². The van der Waals surface area contributed by atoms with E-state index in [0.29, 0.717) is 0 Å². The van der Waals surface area contributed by atoms with Gasteiger partial charge in [-0.2, -0.15) is 11.8 Å². The van der Waals surface area contributed by atoms with Gasteiger partial charge in [-0.1, -0.05) is 13.3 Å².